The van der Waals surface area contributed by atoms with Crippen LogP contribution in [-0.2, 0) is 11.2 Å². The first-order valence-corrected chi connectivity index (χ1v) is 4.50. The maximum absolute atomic E-state index is 10.7. The Balaban J connectivity index is 2.75. The van der Waals surface area contributed by atoms with Crippen molar-refractivity contribution < 1.29 is 4.79 Å². The van der Waals surface area contributed by atoms with Gasteiger partial charge in [0.25, 0.3) is 0 Å². The van der Waals surface area contributed by atoms with E-state index in [-0.39, 0.29) is 5.78 Å². The van der Waals surface area contributed by atoms with Crippen molar-refractivity contribution >= 4 is 11.9 Å². The van der Waals surface area contributed by atoms with Gasteiger partial charge in [-0.1, -0.05) is 37.3 Å². The van der Waals surface area contributed by atoms with Crippen LogP contribution >= 0.6 is 0 Å². The molecule has 1 aromatic rings. The number of rotatable bonds is 3. The minimum absolute atomic E-state index is 0.0829. The van der Waals surface area contributed by atoms with Gasteiger partial charge in [-0.05, 0) is 30.5 Å². The Bertz CT molecular complexity index is 306. The average molecular weight is 174 g/mol. The number of benzene rings is 1. The second kappa shape index (κ2) is 4.61. The van der Waals surface area contributed by atoms with Gasteiger partial charge in [0, 0.05) is 0 Å². The molecular formula is C12H14O. The van der Waals surface area contributed by atoms with Gasteiger partial charge in [-0.25, -0.2) is 0 Å². The van der Waals surface area contributed by atoms with Crippen molar-refractivity contribution in [3.8, 4) is 0 Å². The van der Waals surface area contributed by atoms with E-state index in [9.17, 15) is 4.79 Å². The normalized spacial score (nSPS) is 10.6. The minimum Gasteiger partial charge on any atom is -0.295 e. The zero-order chi connectivity index (χ0) is 9.68. The second-order valence-corrected chi connectivity index (χ2v) is 3.04. The Labute approximate surface area is 79.1 Å². The average Bonchev–Trinajstić information content (AvgIpc) is 2.15. The van der Waals surface area contributed by atoms with Crippen molar-refractivity contribution in [1.82, 2.24) is 0 Å². The molecule has 0 radical (unpaired) electrons. The Kier molecular flexibility index (Phi) is 3.44. The number of carbonyl (C=O) groups is 1. The lowest BCUT2D eigenvalue weighted by molar-refractivity contribution is -0.112. The molecule has 0 saturated heterocycles. The third-order valence-electron chi connectivity index (χ3n) is 1.90. The fourth-order valence-corrected chi connectivity index (χ4v) is 1.08. The van der Waals surface area contributed by atoms with Gasteiger partial charge in [-0.2, -0.15) is 0 Å². The van der Waals surface area contributed by atoms with E-state index in [0.717, 1.165) is 12.0 Å². The summed E-state index contributed by atoms with van der Waals surface area (Å²) >= 11 is 0. The molecule has 0 bridgehead atoms. The summed E-state index contributed by atoms with van der Waals surface area (Å²) in [6, 6.07) is 8.22. The van der Waals surface area contributed by atoms with Crippen LogP contribution in [0.5, 0.6) is 0 Å². The zero-order valence-electron chi connectivity index (χ0n) is 8.08. The lowest BCUT2D eigenvalue weighted by Crippen LogP contribution is -1.82. The molecular weight excluding hydrogens is 160 g/mol. The fourth-order valence-electron chi connectivity index (χ4n) is 1.08. The number of allylic oxidation sites excluding steroid dienone is 1. The van der Waals surface area contributed by atoms with Gasteiger partial charge in [0.2, 0.25) is 0 Å². The van der Waals surface area contributed by atoms with Crippen LogP contribution in [0.25, 0.3) is 6.08 Å². The van der Waals surface area contributed by atoms with Crippen LogP contribution in [0.4, 0.5) is 0 Å². The van der Waals surface area contributed by atoms with Gasteiger partial charge >= 0.3 is 0 Å². The minimum atomic E-state index is 0.0829. The molecule has 68 valence electrons. The standard InChI is InChI=1S/C12H14O/c1-3-11-6-8-12(9-7-11)5-4-10(2)13/h4-9H,3H2,1-2H3/b5-4-. The third kappa shape index (κ3) is 3.24. The third-order valence-corrected chi connectivity index (χ3v) is 1.90. The quantitative estimate of drug-likeness (QED) is 0.644. The molecule has 0 atom stereocenters. The lowest BCUT2D eigenvalue weighted by atomic mass is 10.1. The Hall–Kier alpha value is -1.37. The summed E-state index contributed by atoms with van der Waals surface area (Å²) in [4.78, 5) is 10.7. The molecule has 0 aromatic heterocycles. The van der Waals surface area contributed by atoms with E-state index in [2.05, 4.69) is 19.1 Å². The van der Waals surface area contributed by atoms with Gasteiger partial charge in [-0.3, -0.25) is 4.79 Å². The highest BCUT2D eigenvalue weighted by Gasteiger charge is 1.89. The summed E-state index contributed by atoms with van der Waals surface area (Å²) in [6.45, 7) is 3.68. The van der Waals surface area contributed by atoms with E-state index >= 15 is 0 Å². The van der Waals surface area contributed by atoms with E-state index in [1.54, 1.807) is 13.0 Å². The predicted molar refractivity (Wildman–Crippen MR) is 55.5 cm³/mol. The summed E-state index contributed by atoms with van der Waals surface area (Å²) in [6.07, 6.45) is 4.47. The summed E-state index contributed by atoms with van der Waals surface area (Å²) in [5.74, 6) is 0.0829. The van der Waals surface area contributed by atoms with Gasteiger partial charge in [0.15, 0.2) is 5.78 Å². The SMILES string of the molecule is CCc1ccc(/C=C\C(C)=O)cc1. The van der Waals surface area contributed by atoms with Crippen LogP contribution in [0.15, 0.2) is 30.3 Å². The summed E-state index contributed by atoms with van der Waals surface area (Å²) in [5.41, 5.74) is 2.40. The lowest BCUT2D eigenvalue weighted by Gasteiger charge is -1.96. The number of hydrogen-bond donors (Lipinski definition) is 0. The molecule has 0 unspecified atom stereocenters. The highest BCUT2D eigenvalue weighted by atomic mass is 16.1. The van der Waals surface area contributed by atoms with Crippen LogP contribution in [0, 0.1) is 0 Å². The first-order chi connectivity index (χ1) is 6.22. The van der Waals surface area contributed by atoms with Gasteiger partial charge in [0.05, 0.1) is 0 Å². The summed E-state index contributed by atoms with van der Waals surface area (Å²) in [5, 5.41) is 0. The monoisotopic (exact) mass is 174 g/mol. The van der Waals surface area contributed by atoms with E-state index in [0.29, 0.717) is 0 Å². The summed E-state index contributed by atoms with van der Waals surface area (Å²) in [7, 11) is 0. The first-order valence-electron chi connectivity index (χ1n) is 4.50. The molecule has 1 rings (SSSR count). The van der Waals surface area contributed by atoms with Crippen molar-refractivity contribution in [2.45, 2.75) is 20.3 Å². The van der Waals surface area contributed by atoms with Gasteiger partial charge in [-0.15, -0.1) is 0 Å². The van der Waals surface area contributed by atoms with E-state index in [4.69, 9.17) is 0 Å². The first kappa shape index (κ1) is 9.72. The Morgan fingerprint density at radius 1 is 1.31 bits per heavy atom. The van der Waals surface area contributed by atoms with Crippen LogP contribution in [0.1, 0.15) is 25.0 Å². The predicted octanol–water partition coefficient (Wildman–Crippen LogP) is 2.85. The van der Waals surface area contributed by atoms with Crippen molar-refractivity contribution in [2.75, 3.05) is 0 Å². The molecule has 0 aliphatic carbocycles. The second-order valence-electron chi connectivity index (χ2n) is 3.04. The molecule has 0 N–H and O–H groups in total. The number of carbonyl (C=O) groups excluding carboxylic acids is 1. The largest absolute Gasteiger partial charge is 0.295 e. The van der Waals surface area contributed by atoms with E-state index in [1.165, 1.54) is 5.56 Å². The number of hydrogen-bond acceptors (Lipinski definition) is 1. The molecule has 0 heterocycles. The molecule has 0 aliphatic rings. The van der Waals surface area contributed by atoms with Gasteiger partial charge in [0.1, 0.15) is 0 Å². The Morgan fingerprint density at radius 3 is 2.38 bits per heavy atom. The smallest absolute Gasteiger partial charge is 0.152 e. The summed E-state index contributed by atoms with van der Waals surface area (Å²) < 4.78 is 0. The molecule has 1 aromatic carbocycles. The maximum atomic E-state index is 10.7. The van der Waals surface area contributed by atoms with Crippen molar-refractivity contribution in [1.29, 1.82) is 0 Å². The van der Waals surface area contributed by atoms with Crippen LogP contribution in [0.2, 0.25) is 0 Å². The molecule has 0 amide bonds. The van der Waals surface area contributed by atoms with Crippen molar-refractivity contribution in [3.05, 3.63) is 41.5 Å². The Morgan fingerprint density at radius 2 is 1.92 bits per heavy atom. The zero-order valence-corrected chi connectivity index (χ0v) is 8.08. The van der Waals surface area contributed by atoms with Crippen LogP contribution in [0.3, 0.4) is 0 Å². The molecule has 0 fully saturated rings. The number of ketones is 1. The van der Waals surface area contributed by atoms with Crippen LogP contribution in [-0.4, -0.2) is 5.78 Å². The van der Waals surface area contributed by atoms with Gasteiger partial charge < -0.3 is 0 Å². The van der Waals surface area contributed by atoms with Crippen molar-refractivity contribution in [3.63, 3.8) is 0 Å². The molecule has 0 aliphatic heterocycles. The van der Waals surface area contributed by atoms with E-state index in [1.807, 2.05) is 18.2 Å². The van der Waals surface area contributed by atoms with E-state index < -0.39 is 0 Å². The molecule has 13 heavy (non-hydrogen) atoms. The molecule has 1 nitrogen and oxygen atoms in total. The maximum Gasteiger partial charge on any atom is 0.152 e. The highest BCUT2D eigenvalue weighted by Crippen LogP contribution is 2.06. The highest BCUT2D eigenvalue weighted by molar-refractivity contribution is 5.91. The number of aryl methyl sites for hydroxylation is 1. The topological polar surface area (TPSA) is 17.1 Å². The fraction of sp³-hybridized carbons (Fsp3) is 0.250. The molecule has 0 saturated carbocycles. The van der Waals surface area contributed by atoms with Crippen LogP contribution < -0.4 is 0 Å². The molecule has 1 heteroatoms. The molecule has 0 spiro atoms. The van der Waals surface area contributed by atoms with Crippen molar-refractivity contribution in [2.24, 2.45) is 0 Å².